The lowest BCUT2D eigenvalue weighted by molar-refractivity contribution is 0.223. The molecule has 0 radical (unpaired) electrons. The molecule has 1 aromatic carbocycles. The summed E-state index contributed by atoms with van der Waals surface area (Å²) >= 11 is 1.55. The Morgan fingerprint density at radius 1 is 1.25 bits per heavy atom. The van der Waals surface area contributed by atoms with Crippen LogP contribution in [0.3, 0.4) is 0 Å². The van der Waals surface area contributed by atoms with E-state index in [0.717, 1.165) is 15.3 Å². The molecule has 1 aromatic heterocycles. The van der Waals surface area contributed by atoms with Crippen molar-refractivity contribution < 1.29 is 9.50 Å². The van der Waals surface area contributed by atoms with Gasteiger partial charge < -0.3 is 5.11 Å². The van der Waals surface area contributed by atoms with Gasteiger partial charge in [0.1, 0.15) is 11.9 Å². The predicted molar refractivity (Wildman–Crippen MR) is 64.3 cm³/mol. The van der Waals surface area contributed by atoms with E-state index in [9.17, 15) is 9.50 Å². The molecule has 1 nitrogen and oxygen atoms in total. The van der Waals surface area contributed by atoms with Crippen LogP contribution in [0.5, 0.6) is 0 Å². The Morgan fingerprint density at radius 3 is 2.56 bits per heavy atom. The average Bonchev–Trinajstić information content (AvgIpc) is 2.57. The second-order valence-electron chi connectivity index (χ2n) is 3.86. The largest absolute Gasteiger partial charge is 0.383 e. The third-order valence-electron chi connectivity index (χ3n) is 2.49. The van der Waals surface area contributed by atoms with E-state index in [1.165, 1.54) is 12.1 Å². The summed E-state index contributed by atoms with van der Waals surface area (Å²) < 4.78 is 13.0. The van der Waals surface area contributed by atoms with E-state index >= 15 is 0 Å². The molecule has 0 fully saturated rings. The lowest BCUT2D eigenvalue weighted by Crippen LogP contribution is -1.99. The molecular formula is C13H13FOS. The van der Waals surface area contributed by atoms with Crippen molar-refractivity contribution in [2.45, 2.75) is 20.0 Å². The summed E-state index contributed by atoms with van der Waals surface area (Å²) in [5.41, 5.74) is 1.66. The lowest BCUT2D eigenvalue weighted by atomic mass is 10.1. The Morgan fingerprint density at radius 2 is 2.00 bits per heavy atom. The molecule has 0 bridgehead atoms. The normalized spacial score (nSPS) is 12.8. The van der Waals surface area contributed by atoms with Crippen LogP contribution in [0.4, 0.5) is 4.39 Å². The van der Waals surface area contributed by atoms with Crippen molar-refractivity contribution in [1.82, 2.24) is 0 Å². The average molecular weight is 236 g/mol. The Bertz CT molecular complexity index is 504. The molecule has 1 N–H and O–H groups in total. The van der Waals surface area contributed by atoms with Crippen LogP contribution in [0.15, 0.2) is 30.3 Å². The van der Waals surface area contributed by atoms with Gasteiger partial charge in [-0.15, -0.1) is 11.3 Å². The Balaban J connectivity index is 2.38. The van der Waals surface area contributed by atoms with Crippen molar-refractivity contribution in [3.63, 3.8) is 0 Å². The summed E-state index contributed by atoms with van der Waals surface area (Å²) in [4.78, 5) is 2.05. The highest BCUT2D eigenvalue weighted by Crippen LogP contribution is 2.31. The summed E-state index contributed by atoms with van der Waals surface area (Å²) in [5.74, 6) is -0.317. The van der Waals surface area contributed by atoms with E-state index in [-0.39, 0.29) is 5.82 Å². The van der Waals surface area contributed by atoms with Gasteiger partial charge in [0.2, 0.25) is 0 Å². The highest BCUT2D eigenvalue weighted by Gasteiger charge is 2.15. The topological polar surface area (TPSA) is 20.2 Å². The SMILES string of the molecule is Cc1cc(C)c(C(O)c2cccc(F)c2)s1. The van der Waals surface area contributed by atoms with Crippen LogP contribution in [0, 0.1) is 19.7 Å². The fourth-order valence-corrected chi connectivity index (χ4v) is 2.81. The summed E-state index contributed by atoms with van der Waals surface area (Å²) in [5, 5.41) is 10.2. The summed E-state index contributed by atoms with van der Waals surface area (Å²) in [6.07, 6.45) is -0.727. The minimum absolute atomic E-state index is 0.317. The van der Waals surface area contributed by atoms with Crippen LogP contribution >= 0.6 is 11.3 Å². The number of hydrogen-bond acceptors (Lipinski definition) is 2. The van der Waals surface area contributed by atoms with Crippen LogP contribution in [0.2, 0.25) is 0 Å². The minimum Gasteiger partial charge on any atom is -0.383 e. The van der Waals surface area contributed by atoms with E-state index in [0.29, 0.717) is 5.56 Å². The van der Waals surface area contributed by atoms with Gasteiger partial charge in [-0.25, -0.2) is 4.39 Å². The van der Waals surface area contributed by atoms with Crippen LogP contribution in [-0.4, -0.2) is 5.11 Å². The standard InChI is InChI=1S/C13H13FOS/c1-8-6-9(2)16-13(8)12(15)10-4-3-5-11(14)7-10/h3-7,12,15H,1-2H3. The molecule has 1 atom stereocenters. The number of rotatable bonds is 2. The van der Waals surface area contributed by atoms with E-state index in [1.807, 2.05) is 19.9 Å². The number of hydrogen-bond donors (Lipinski definition) is 1. The van der Waals surface area contributed by atoms with Gasteiger partial charge in [-0.05, 0) is 43.2 Å². The summed E-state index contributed by atoms with van der Waals surface area (Å²) in [7, 11) is 0. The first-order valence-electron chi connectivity index (χ1n) is 5.08. The molecule has 2 aromatic rings. The molecule has 2 rings (SSSR count). The molecule has 1 unspecified atom stereocenters. The van der Waals surface area contributed by atoms with Crippen LogP contribution in [-0.2, 0) is 0 Å². The van der Waals surface area contributed by atoms with Crippen molar-refractivity contribution in [1.29, 1.82) is 0 Å². The molecule has 0 aliphatic carbocycles. The maximum atomic E-state index is 13.0. The summed E-state index contributed by atoms with van der Waals surface area (Å²) in [6.45, 7) is 3.96. The third-order valence-corrected chi connectivity index (χ3v) is 3.70. The number of thiophene rings is 1. The first-order chi connectivity index (χ1) is 7.58. The zero-order valence-electron chi connectivity index (χ0n) is 9.20. The second kappa shape index (κ2) is 4.36. The highest BCUT2D eigenvalue weighted by molar-refractivity contribution is 7.12. The van der Waals surface area contributed by atoms with Gasteiger partial charge in [0.15, 0.2) is 0 Å². The fourth-order valence-electron chi connectivity index (χ4n) is 1.76. The Kier molecular flexibility index (Phi) is 3.08. The van der Waals surface area contributed by atoms with Gasteiger partial charge in [0.05, 0.1) is 0 Å². The Hall–Kier alpha value is -1.19. The van der Waals surface area contributed by atoms with Crippen molar-refractivity contribution >= 4 is 11.3 Å². The van der Waals surface area contributed by atoms with Gasteiger partial charge >= 0.3 is 0 Å². The van der Waals surface area contributed by atoms with E-state index in [2.05, 4.69) is 0 Å². The van der Waals surface area contributed by atoms with Gasteiger partial charge in [-0.3, -0.25) is 0 Å². The first-order valence-corrected chi connectivity index (χ1v) is 5.90. The van der Waals surface area contributed by atoms with Crippen LogP contribution in [0.25, 0.3) is 0 Å². The van der Waals surface area contributed by atoms with Crippen LogP contribution in [0.1, 0.15) is 27.0 Å². The molecule has 0 aliphatic rings. The van der Waals surface area contributed by atoms with Crippen molar-refractivity contribution in [2.24, 2.45) is 0 Å². The Labute approximate surface area is 98.2 Å². The zero-order valence-corrected chi connectivity index (χ0v) is 10.0. The van der Waals surface area contributed by atoms with E-state index in [1.54, 1.807) is 23.5 Å². The number of halogens is 1. The quantitative estimate of drug-likeness (QED) is 0.845. The maximum Gasteiger partial charge on any atom is 0.123 e. The van der Waals surface area contributed by atoms with Crippen molar-refractivity contribution in [3.8, 4) is 0 Å². The smallest absolute Gasteiger partial charge is 0.123 e. The molecule has 0 saturated heterocycles. The number of benzene rings is 1. The van der Waals surface area contributed by atoms with Crippen molar-refractivity contribution in [2.75, 3.05) is 0 Å². The lowest BCUT2D eigenvalue weighted by Gasteiger charge is -2.10. The molecule has 0 amide bonds. The second-order valence-corrected chi connectivity index (χ2v) is 5.15. The maximum absolute atomic E-state index is 13.0. The zero-order chi connectivity index (χ0) is 11.7. The van der Waals surface area contributed by atoms with Crippen molar-refractivity contribution in [3.05, 3.63) is 57.0 Å². The van der Waals surface area contributed by atoms with E-state index < -0.39 is 6.10 Å². The monoisotopic (exact) mass is 236 g/mol. The molecule has 3 heteroatoms. The predicted octanol–water partition coefficient (Wildman–Crippen LogP) is 3.59. The van der Waals surface area contributed by atoms with Gasteiger partial charge in [0, 0.05) is 9.75 Å². The van der Waals surface area contributed by atoms with Crippen LogP contribution < -0.4 is 0 Å². The minimum atomic E-state index is -0.727. The molecule has 16 heavy (non-hydrogen) atoms. The molecule has 0 saturated carbocycles. The number of aliphatic hydroxyl groups is 1. The third kappa shape index (κ3) is 2.15. The fraction of sp³-hybridized carbons (Fsp3) is 0.231. The van der Waals surface area contributed by atoms with E-state index in [4.69, 9.17) is 0 Å². The highest BCUT2D eigenvalue weighted by atomic mass is 32.1. The van der Waals surface area contributed by atoms with Gasteiger partial charge in [0.25, 0.3) is 0 Å². The van der Waals surface area contributed by atoms with Gasteiger partial charge in [-0.1, -0.05) is 12.1 Å². The first kappa shape index (κ1) is 11.3. The molecule has 84 valence electrons. The van der Waals surface area contributed by atoms with Gasteiger partial charge in [-0.2, -0.15) is 0 Å². The molecule has 1 heterocycles. The number of aryl methyl sites for hydroxylation is 2. The summed E-state index contributed by atoms with van der Waals surface area (Å²) in [6, 6.07) is 8.14. The molecule has 0 spiro atoms. The number of aliphatic hydroxyl groups excluding tert-OH is 1. The molecular weight excluding hydrogens is 223 g/mol. The molecule has 0 aliphatic heterocycles.